The molecule has 1 rings (SSSR count). The summed E-state index contributed by atoms with van der Waals surface area (Å²) in [5, 5.41) is 8.83. The Labute approximate surface area is 105 Å². The van der Waals surface area contributed by atoms with E-state index in [4.69, 9.17) is 5.11 Å². The Balaban J connectivity index is 2.28. The fourth-order valence-electron chi connectivity index (χ4n) is 2.76. The zero-order valence-electron chi connectivity index (χ0n) is 11.3. The molecule has 0 bridgehead atoms. The highest BCUT2D eigenvalue weighted by Gasteiger charge is 2.27. The Bertz CT molecular complexity index is 222. The first-order chi connectivity index (χ1) is 8.19. The summed E-state index contributed by atoms with van der Waals surface area (Å²) in [6.45, 7) is 2.77. The predicted molar refractivity (Wildman–Crippen MR) is 69.7 cm³/mol. The van der Waals surface area contributed by atoms with Gasteiger partial charge in [-0.05, 0) is 31.6 Å². The summed E-state index contributed by atoms with van der Waals surface area (Å²) in [7, 11) is 1.79. The molecule has 0 saturated heterocycles. The summed E-state index contributed by atoms with van der Waals surface area (Å²) >= 11 is 0. The molecule has 3 heteroatoms. The van der Waals surface area contributed by atoms with E-state index in [0.29, 0.717) is 6.54 Å². The van der Waals surface area contributed by atoms with Gasteiger partial charge < -0.3 is 10.0 Å². The standard InChI is InChI=1S/C14H27NO2/c1-3-4-5-12-6-8-13(9-7-12)14(17)15(2)10-11-16/h12-13,16H,3-11H2,1-2H3. The van der Waals surface area contributed by atoms with Gasteiger partial charge in [0.2, 0.25) is 5.91 Å². The smallest absolute Gasteiger partial charge is 0.225 e. The van der Waals surface area contributed by atoms with Crippen molar-refractivity contribution < 1.29 is 9.90 Å². The molecule has 1 amide bonds. The molecule has 0 heterocycles. The van der Waals surface area contributed by atoms with Crippen molar-refractivity contribution in [3.05, 3.63) is 0 Å². The van der Waals surface area contributed by atoms with E-state index in [1.54, 1.807) is 11.9 Å². The fourth-order valence-corrected chi connectivity index (χ4v) is 2.76. The van der Waals surface area contributed by atoms with Crippen molar-refractivity contribution in [3.63, 3.8) is 0 Å². The predicted octanol–water partition coefficient (Wildman–Crippen LogP) is 2.43. The Hall–Kier alpha value is -0.570. The van der Waals surface area contributed by atoms with Crippen LogP contribution in [0.3, 0.4) is 0 Å². The maximum atomic E-state index is 12.0. The maximum Gasteiger partial charge on any atom is 0.225 e. The van der Waals surface area contributed by atoms with E-state index in [-0.39, 0.29) is 18.4 Å². The third-order valence-corrected chi connectivity index (χ3v) is 3.97. The van der Waals surface area contributed by atoms with Crippen LogP contribution >= 0.6 is 0 Å². The Kier molecular flexibility index (Phi) is 6.56. The van der Waals surface area contributed by atoms with E-state index in [9.17, 15) is 4.79 Å². The quantitative estimate of drug-likeness (QED) is 0.776. The van der Waals surface area contributed by atoms with E-state index in [2.05, 4.69) is 6.92 Å². The number of likely N-dealkylation sites (N-methyl/N-ethyl adjacent to an activating group) is 1. The number of nitrogens with zero attached hydrogens (tertiary/aromatic N) is 1. The number of amides is 1. The van der Waals surface area contributed by atoms with Crippen molar-refractivity contribution in [3.8, 4) is 0 Å². The largest absolute Gasteiger partial charge is 0.395 e. The van der Waals surface area contributed by atoms with Gasteiger partial charge in [-0.3, -0.25) is 4.79 Å². The van der Waals surface area contributed by atoms with Crippen LogP contribution in [0.25, 0.3) is 0 Å². The molecule has 0 aromatic heterocycles. The van der Waals surface area contributed by atoms with Crippen LogP contribution in [0.15, 0.2) is 0 Å². The van der Waals surface area contributed by atoms with Gasteiger partial charge in [-0.2, -0.15) is 0 Å². The number of hydrogen-bond acceptors (Lipinski definition) is 2. The molecule has 0 radical (unpaired) electrons. The first kappa shape index (κ1) is 14.5. The number of aliphatic hydroxyl groups is 1. The van der Waals surface area contributed by atoms with Crippen LogP contribution in [0.4, 0.5) is 0 Å². The molecule has 17 heavy (non-hydrogen) atoms. The zero-order chi connectivity index (χ0) is 12.7. The Morgan fingerprint density at radius 3 is 2.47 bits per heavy atom. The van der Waals surface area contributed by atoms with Gasteiger partial charge in [0.05, 0.1) is 6.61 Å². The second-order valence-electron chi connectivity index (χ2n) is 5.34. The normalized spacial score (nSPS) is 24.6. The van der Waals surface area contributed by atoms with E-state index in [0.717, 1.165) is 18.8 Å². The van der Waals surface area contributed by atoms with E-state index in [1.807, 2.05) is 0 Å². The second kappa shape index (κ2) is 7.70. The summed E-state index contributed by atoms with van der Waals surface area (Å²) in [6, 6.07) is 0. The van der Waals surface area contributed by atoms with E-state index < -0.39 is 0 Å². The number of rotatable bonds is 6. The third kappa shape index (κ3) is 4.66. The molecular weight excluding hydrogens is 214 g/mol. The molecule has 100 valence electrons. The topological polar surface area (TPSA) is 40.5 Å². The maximum absolute atomic E-state index is 12.0. The van der Waals surface area contributed by atoms with Gasteiger partial charge in [0.15, 0.2) is 0 Å². The first-order valence-electron chi connectivity index (χ1n) is 7.04. The van der Waals surface area contributed by atoms with Gasteiger partial charge in [-0.1, -0.05) is 26.2 Å². The highest BCUT2D eigenvalue weighted by molar-refractivity contribution is 5.78. The van der Waals surface area contributed by atoms with Crippen LogP contribution in [0.5, 0.6) is 0 Å². The lowest BCUT2D eigenvalue weighted by Gasteiger charge is -2.30. The van der Waals surface area contributed by atoms with Crippen molar-refractivity contribution in [1.82, 2.24) is 4.90 Å². The molecule has 0 aromatic rings. The molecule has 0 atom stereocenters. The molecule has 0 aliphatic heterocycles. The Morgan fingerprint density at radius 2 is 1.94 bits per heavy atom. The minimum atomic E-state index is 0.0636. The van der Waals surface area contributed by atoms with Crippen LogP contribution in [0.1, 0.15) is 51.9 Å². The molecule has 0 spiro atoms. The number of unbranched alkanes of at least 4 members (excludes halogenated alkanes) is 1. The van der Waals surface area contributed by atoms with Gasteiger partial charge in [0.25, 0.3) is 0 Å². The van der Waals surface area contributed by atoms with Gasteiger partial charge in [0, 0.05) is 19.5 Å². The van der Waals surface area contributed by atoms with Crippen LogP contribution < -0.4 is 0 Å². The molecular formula is C14H27NO2. The van der Waals surface area contributed by atoms with Gasteiger partial charge >= 0.3 is 0 Å². The number of aliphatic hydroxyl groups excluding tert-OH is 1. The summed E-state index contributed by atoms with van der Waals surface area (Å²) in [6.07, 6.45) is 8.45. The lowest BCUT2D eigenvalue weighted by molar-refractivity contribution is -0.136. The van der Waals surface area contributed by atoms with Crippen LogP contribution in [0.2, 0.25) is 0 Å². The highest BCUT2D eigenvalue weighted by Crippen LogP contribution is 2.32. The molecule has 1 saturated carbocycles. The second-order valence-corrected chi connectivity index (χ2v) is 5.34. The fraction of sp³-hybridized carbons (Fsp3) is 0.929. The molecule has 1 N–H and O–H groups in total. The molecule has 0 unspecified atom stereocenters. The average molecular weight is 241 g/mol. The Morgan fingerprint density at radius 1 is 1.29 bits per heavy atom. The van der Waals surface area contributed by atoms with E-state index in [1.165, 1.54) is 32.1 Å². The van der Waals surface area contributed by atoms with Crippen LogP contribution in [-0.4, -0.2) is 36.1 Å². The first-order valence-corrected chi connectivity index (χ1v) is 7.04. The zero-order valence-corrected chi connectivity index (χ0v) is 11.3. The SMILES string of the molecule is CCCCC1CCC(C(=O)N(C)CCO)CC1. The summed E-state index contributed by atoms with van der Waals surface area (Å²) in [5.41, 5.74) is 0. The monoisotopic (exact) mass is 241 g/mol. The van der Waals surface area contributed by atoms with Crippen molar-refractivity contribution >= 4 is 5.91 Å². The summed E-state index contributed by atoms with van der Waals surface area (Å²) in [5.74, 6) is 1.29. The van der Waals surface area contributed by atoms with Crippen LogP contribution in [0, 0.1) is 11.8 Å². The lowest BCUT2D eigenvalue weighted by Crippen LogP contribution is -2.36. The number of hydrogen-bond donors (Lipinski definition) is 1. The lowest BCUT2D eigenvalue weighted by atomic mass is 9.79. The van der Waals surface area contributed by atoms with Crippen molar-refractivity contribution in [2.45, 2.75) is 51.9 Å². The van der Waals surface area contributed by atoms with Gasteiger partial charge in [0.1, 0.15) is 0 Å². The third-order valence-electron chi connectivity index (χ3n) is 3.97. The molecule has 1 fully saturated rings. The molecule has 1 aliphatic rings. The molecule has 1 aliphatic carbocycles. The number of carbonyl (C=O) groups is 1. The highest BCUT2D eigenvalue weighted by atomic mass is 16.3. The summed E-state index contributed by atoms with van der Waals surface area (Å²) < 4.78 is 0. The van der Waals surface area contributed by atoms with Crippen molar-refractivity contribution in [2.75, 3.05) is 20.2 Å². The molecule has 3 nitrogen and oxygen atoms in total. The van der Waals surface area contributed by atoms with Crippen molar-refractivity contribution in [1.29, 1.82) is 0 Å². The van der Waals surface area contributed by atoms with Crippen LogP contribution in [-0.2, 0) is 4.79 Å². The van der Waals surface area contributed by atoms with E-state index >= 15 is 0 Å². The average Bonchev–Trinajstić information content (AvgIpc) is 2.36. The number of carbonyl (C=O) groups excluding carboxylic acids is 1. The summed E-state index contributed by atoms with van der Waals surface area (Å²) in [4.78, 5) is 13.7. The van der Waals surface area contributed by atoms with Gasteiger partial charge in [-0.25, -0.2) is 0 Å². The minimum Gasteiger partial charge on any atom is -0.395 e. The minimum absolute atomic E-state index is 0.0636. The molecule has 0 aromatic carbocycles. The van der Waals surface area contributed by atoms with Crippen molar-refractivity contribution in [2.24, 2.45) is 11.8 Å². The van der Waals surface area contributed by atoms with Gasteiger partial charge in [-0.15, -0.1) is 0 Å².